The van der Waals surface area contributed by atoms with Crippen LogP contribution in [0.4, 0.5) is 0 Å². The second kappa shape index (κ2) is 7.11. The lowest BCUT2D eigenvalue weighted by molar-refractivity contribution is -0.122. The van der Waals surface area contributed by atoms with E-state index in [9.17, 15) is 4.79 Å². The quantitative estimate of drug-likeness (QED) is 0.775. The molecule has 0 unspecified atom stereocenters. The average Bonchev–Trinajstić information content (AvgIpc) is 3.29. The van der Waals surface area contributed by atoms with Crippen molar-refractivity contribution in [3.8, 4) is 11.3 Å². The van der Waals surface area contributed by atoms with Gasteiger partial charge in [-0.1, -0.05) is 48.5 Å². The molecule has 1 fully saturated rings. The van der Waals surface area contributed by atoms with Crippen LogP contribution in [0.3, 0.4) is 0 Å². The molecule has 4 nitrogen and oxygen atoms in total. The molecule has 0 bridgehead atoms. The van der Waals surface area contributed by atoms with Crippen molar-refractivity contribution in [3.05, 3.63) is 60.7 Å². The van der Waals surface area contributed by atoms with Gasteiger partial charge in [0, 0.05) is 29.7 Å². The molecular formula is C21H22N2O2. The van der Waals surface area contributed by atoms with E-state index >= 15 is 0 Å². The summed E-state index contributed by atoms with van der Waals surface area (Å²) in [6.45, 7) is 1.71. The van der Waals surface area contributed by atoms with Crippen molar-refractivity contribution in [3.63, 3.8) is 0 Å². The van der Waals surface area contributed by atoms with Gasteiger partial charge in [0.05, 0.1) is 6.10 Å². The maximum Gasteiger partial charge on any atom is 0.240 e. The van der Waals surface area contributed by atoms with Gasteiger partial charge in [0.2, 0.25) is 5.91 Å². The van der Waals surface area contributed by atoms with Crippen molar-refractivity contribution < 1.29 is 9.53 Å². The molecule has 128 valence electrons. The number of ether oxygens (including phenoxy) is 1. The van der Waals surface area contributed by atoms with Crippen molar-refractivity contribution in [2.45, 2.75) is 25.5 Å². The highest BCUT2D eigenvalue weighted by molar-refractivity contribution is 5.89. The highest BCUT2D eigenvalue weighted by Gasteiger charge is 2.17. The number of hydrogen-bond donors (Lipinski definition) is 1. The fraction of sp³-hybridized carbons (Fsp3) is 0.286. The first-order valence-corrected chi connectivity index (χ1v) is 8.83. The summed E-state index contributed by atoms with van der Waals surface area (Å²) in [5.41, 5.74) is 3.26. The summed E-state index contributed by atoms with van der Waals surface area (Å²) >= 11 is 0. The number of aromatic nitrogens is 1. The van der Waals surface area contributed by atoms with E-state index in [-0.39, 0.29) is 12.0 Å². The van der Waals surface area contributed by atoms with Gasteiger partial charge in [-0.25, -0.2) is 0 Å². The second-order valence-electron chi connectivity index (χ2n) is 6.48. The van der Waals surface area contributed by atoms with Crippen molar-refractivity contribution in [2.24, 2.45) is 0 Å². The Balaban J connectivity index is 1.60. The Morgan fingerprint density at radius 1 is 1.12 bits per heavy atom. The Kier molecular flexibility index (Phi) is 4.53. The van der Waals surface area contributed by atoms with E-state index in [1.165, 1.54) is 0 Å². The van der Waals surface area contributed by atoms with Crippen LogP contribution < -0.4 is 5.32 Å². The van der Waals surface area contributed by atoms with Crippen LogP contribution in [0.5, 0.6) is 0 Å². The topological polar surface area (TPSA) is 43.3 Å². The minimum absolute atomic E-state index is 0.0223. The zero-order valence-electron chi connectivity index (χ0n) is 14.2. The largest absolute Gasteiger partial charge is 0.376 e. The van der Waals surface area contributed by atoms with E-state index in [1.54, 1.807) is 0 Å². The van der Waals surface area contributed by atoms with Crippen molar-refractivity contribution in [1.82, 2.24) is 9.88 Å². The molecule has 1 amide bonds. The first-order valence-electron chi connectivity index (χ1n) is 8.83. The van der Waals surface area contributed by atoms with Crippen LogP contribution in [-0.4, -0.2) is 29.7 Å². The molecule has 1 aliphatic heterocycles. The summed E-state index contributed by atoms with van der Waals surface area (Å²) in [4.78, 5) is 12.5. The Morgan fingerprint density at radius 2 is 1.92 bits per heavy atom. The summed E-state index contributed by atoms with van der Waals surface area (Å²) in [5.74, 6) is 0.0223. The normalized spacial score (nSPS) is 17.0. The first kappa shape index (κ1) is 15.9. The number of nitrogens with zero attached hydrogens (tertiary/aromatic N) is 1. The molecule has 2 aromatic carbocycles. The van der Waals surface area contributed by atoms with Crippen molar-refractivity contribution in [1.29, 1.82) is 0 Å². The molecule has 0 radical (unpaired) electrons. The molecule has 1 saturated heterocycles. The zero-order chi connectivity index (χ0) is 17.1. The van der Waals surface area contributed by atoms with Crippen LogP contribution in [0.15, 0.2) is 60.7 Å². The Bertz CT molecular complexity index is 864. The van der Waals surface area contributed by atoms with Crippen LogP contribution in [0.25, 0.3) is 22.2 Å². The van der Waals surface area contributed by atoms with Crippen molar-refractivity contribution >= 4 is 16.8 Å². The van der Waals surface area contributed by atoms with Gasteiger partial charge in [-0.2, -0.15) is 0 Å². The lowest BCUT2D eigenvalue weighted by Crippen LogP contribution is -2.34. The molecule has 1 aliphatic rings. The summed E-state index contributed by atoms with van der Waals surface area (Å²) < 4.78 is 7.67. The zero-order valence-corrected chi connectivity index (χ0v) is 14.2. The van der Waals surface area contributed by atoms with E-state index in [0.29, 0.717) is 13.1 Å². The van der Waals surface area contributed by atoms with Gasteiger partial charge >= 0.3 is 0 Å². The summed E-state index contributed by atoms with van der Waals surface area (Å²) in [5, 5.41) is 4.17. The van der Waals surface area contributed by atoms with Gasteiger partial charge in [-0.3, -0.25) is 4.79 Å². The fourth-order valence-electron chi connectivity index (χ4n) is 3.46. The number of amides is 1. The van der Waals surface area contributed by atoms with E-state index in [2.05, 4.69) is 40.2 Å². The first-order chi connectivity index (χ1) is 12.3. The highest BCUT2D eigenvalue weighted by atomic mass is 16.5. The van der Waals surface area contributed by atoms with E-state index < -0.39 is 0 Å². The summed E-state index contributed by atoms with van der Waals surface area (Å²) in [7, 11) is 0. The maximum atomic E-state index is 12.5. The second-order valence-corrected chi connectivity index (χ2v) is 6.48. The molecular weight excluding hydrogens is 312 g/mol. The lowest BCUT2D eigenvalue weighted by Gasteiger charge is -2.14. The van der Waals surface area contributed by atoms with Gasteiger partial charge in [0.25, 0.3) is 0 Å². The standard InChI is InChI=1S/C21H22N2O2/c24-21(22-14-18-10-6-12-25-18)15-23-19-11-5-4-9-17(19)13-20(23)16-7-2-1-3-8-16/h1-5,7-9,11,13,18H,6,10,12,14-15H2,(H,22,24)/t18-/m0/s1. The lowest BCUT2D eigenvalue weighted by atomic mass is 10.1. The van der Waals surface area contributed by atoms with E-state index in [4.69, 9.17) is 4.74 Å². The van der Waals surface area contributed by atoms with Gasteiger partial charge in [0.15, 0.2) is 0 Å². The number of fused-ring (bicyclic) bond motifs is 1. The Hall–Kier alpha value is -2.59. The van der Waals surface area contributed by atoms with Gasteiger partial charge in [-0.15, -0.1) is 0 Å². The molecule has 1 aromatic heterocycles. The molecule has 0 spiro atoms. The number of para-hydroxylation sites is 1. The minimum atomic E-state index is 0.0223. The monoisotopic (exact) mass is 334 g/mol. The van der Waals surface area contributed by atoms with E-state index in [0.717, 1.165) is 41.6 Å². The predicted octanol–water partition coefficient (Wildman–Crippen LogP) is 3.60. The molecule has 4 heteroatoms. The van der Waals surface area contributed by atoms with Gasteiger partial charge in [-0.05, 0) is 30.5 Å². The number of carbonyl (C=O) groups excluding carboxylic acids is 1. The SMILES string of the molecule is O=C(Cn1c(-c2ccccc2)cc2ccccc21)NC[C@@H]1CCCO1. The highest BCUT2D eigenvalue weighted by Crippen LogP contribution is 2.28. The predicted molar refractivity (Wildman–Crippen MR) is 99.4 cm³/mol. The summed E-state index contributed by atoms with van der Waals surface area (Å²) in [6, 6.07) is 20.5. The van der Waals surface area contributed by atoms with Crippen LogP contribution in [0, 0.1) is 0 Å². The number of nitrogens with one attached hydrogen (secondary N) is 1. The van der Waals surface area contributed by atoms with Crippen LogP contribution >= 0.6 is 0 Å². The number of hydrogen-bond acceptors (Lipinski definition) is 2. The molecule has 2 heterocycles. The fourth-order valence-corrected chi connectivity index (χ4v) is 3.46. The number of benzene rings is 2. The minimum Gasteiger partial charge on any atom is -0.376 e. The molecule has 25 heavy (non-hydrogen) atoms. The number of carbonyl (C=O) groups is 1. The molecule has 1 N–H and O–H groups in total. The molecule has 4 rings (SSSR count). The third-order valence-corrected chi connectivity index (χ3v) is 4.73. The Labute approximate surface area is 147 Å². The van der Waals surface area contributed by atoms with Crippen LogP contribution in [0.1, 0.15) is 12.8 Å². The van der Waals surface area contributed by atoms with Crippen molar-refractivity contribution in [2.75, 3.05) is 13.2 Å². The maximum absolute atomic E-state index is 12.5. The molecule has 1 atom stereocenters. The third-order valence-electron chi connectivity index (χ3n) is 4.73. The van der Waals surface area contributed by atoms with Crippen LogP contribution in [-0.2, 0) is 16.1 Å². The molecule has 0 saturated carbocycles. The Morgan fingerprint density at radius 3 is 2.72 bits per heavy atom. The molecule has 3 aromatic rings. The molecule has 0 aliphatic carbocycles. The number of rotatable bonds is 5. The summed E-state index contributed by atoms with van der Waals surface area (Å²) in [6.07, 6.45) is 2.28. The third kappa shape index (κ3) is 3.44. The average molecular weight is 334 g/mol. The van der Waals surface area contributed by atoms with Gasteiger partial charge < -0.3 is 14.6 Å². The van der Waals surface area contributed by atoms with E-state index in [1.807, 2.05) is 30.3 Å². The van der Waals surface area contributed by atoms with Gasteiger partial charge in [0.1, 0.15) is 6.54 Å². The smallest absolute Gasteiger partial charge is 0.240 e. The van der Waals surface area contributed by atoms with Crippen LogP contribution in [0.2, 0.25) is 0 Å².